The van der Waals surface area contributed by atoms with E-state index in [0.29, 0.717) is 44.6 Å². The highest BCUT2D eigenvalue weighted by atomic mass is 16.2. The number of aromatic amines is 1. The van der Waals surface area contributed by atoms with E-state index >= 15 is 0 Å². The number of fused-ring (bicyclic) bond motifs is 1. The number of carbonyl (C=O) groups is 2. The number of hydrogen-bond acceptors (Lipinski definition) is 3. The van der Waals surface area contributed by atoms with Crippen LogP contribution in [0.5, 0.6) is 0 Å². The zero-order valence-electron chi connectivity index (χ0n) is 14.7. The van der Waals surface area contributed by atoms with Gasteiger partial charge in [-0.25, -0.2) is 0 Å². The van der Waals surface area contributed by atoms with Gasteiger partial charge in [0.1, 0.15) is 0 Å². The topological polar surface area (TPSA) is 73.5 Å². The summed E-state index contributed by atoms with van der Waals surface area (Å²) in [7, 11) is 0. The monoisotopic (exact) mass is 341 g/mol. The smallest absolute Gasteiger partial charge is 0.251 e. The van der Waals surface area contributed by atoms with E-state index in [-0.39, 0.29) is 17.4 Å². The van der Waals surface area contributed by atoms with E-state index in [1.165, 1.54) is 0 Å². The van der Waals surface area contributed by atoms with Gasteiger partial charge in [-0.2, -0.15) is 0 Å². The van der Waals surface area contributed by atoms with Gasteiger partial charge in [0.2, 0.25) is 11.8 Å². The number of aromatic nitrogens is 1. The fraction of sp³-hybridized carbons (Fsp3) is 0.421. The first kappa shape index (κ1) is 17.2. The molecule has 0 spiro atoms. The lowest BCUT2D eigenvalue weighted by Crippen LogP contribution is -2.50. The number of nitrogens with one attached hydrogen (secondary N) is 1. The molecule has 0 atom stereocenters. The Morgan fingerprint density at radius 2 is 1.76 bits per heavy atom. The molecular formula is C19H23N3O3. The van der Waals surface area contributed by atoms with E-state index in [9.17, 15) is 14.4 Å². The van der Waals surface area contributed by atoms with Gasteiger partial charge >= 0.3 is 0 Å². The maximum atomic E-state index is 12.4. The van der Waals surface area contributed by atoms with Gasteiger partial charge < -0.3 is 14.8 Å². The predicted molar refractivity (Wildman–Crippen MR) is 96.5 cm³/mol. The standard InChI is InChI=1S/C19H23N3O3/c1-13-3-5-17-16(11-13)12-15(19(25)20-17)4-6-18(24)22-9-7-21(8-10-22)14(2)23/h3,5,11-12H,4,6-10H2,1-2H3,(H,20,25). The Morgan fingerprint density at radius 3 is 2.44 bits per heavy atom. The summed E-state index contributed by atoms with van der Waals surface area (Å²) in [5.41, 5.74) is 2.44. The van der Waals surface area contributed by atoms with Gasteiger partial charge in [-0.05, 0) is 36.9 Å². The Kier molecular flexibility index (Phi) is 4.88. The Balaban J connectivity index is 1.64. The van der Waals surface area contributed by atoms with Crippen molar-refractivity contribution in [3.8, 4) is 0 Å². The average molecular weight is 341 g/mol. The molecule has 6 nitrogen and oxygen atoms in total. The molecule has 2 aromatic rings. The van der Waals surface area contributed by atoms with E-state index in [1.54, 1.807) is 16.7 Å². The normalized spacial score (nSPS) is 14.8. The van der Waals surface area contributed by atoms with Gasteiger partial charge in [0, 0.05) is 50.6 Å². The molecule has 1 N–H and O–H groups in total. The van der Waals surface area contributed by atoms with Crippen LogP contribution in [0, 0.1) is 6.92 Å². The van der Waals surface area contributed by atoms with Crippen molar-refractivity contribution in [2.24, 2.45) is 0 Å². The van der Waals surface area contributed by atoms with Gasteiger partial charge in [0.05, 0.1) is 0 Å². The highest BCUT2D eigenvalue weighted by Crippen LogP contribution is 2.14. The van der Waals surface area contributed by atoms with Crippen molar-refractivity contribution in [1.29, 1.82) is 0 Å². The molecule has 0 bridgehead atoms. The third kappa shape index (κ3) is 3.90. The molecule has 6 heteroatoms. The van der Waals surface area contributed by atoms with Gasteiger partial charge in [-0.15, -0.1) is 0 Å². The summed E-state index contributed by atoms with van der Waals surface area (Å²) in [6, 6.07) is 7.76. The molecule has 0 saturated carbocycles. The van der Waals surface area contributed by atoms with Crippen molar-refractivity contribution in [3.63, 3.8) is 0 Å². The molecular weight excluding hydrogens is 318 g/mol. The molecule has 1 aliphatic rings. The first-order valence-corrected chi connectivity index (χ1v) is 8.60. The molecule has 0 unspecified atom stereocenters. The molecule has 1 aromatic carbocycles. The van der Waals surface area contributed by atoms with Crippen molar-refractivity contribution < 1.29 is 9.59 Å². The number of aryl methyl sites for hydroxylation is 2. The number of H-pyrrole nitrogens is 1. The van der Waals surface area contributed by atoms with E-state index in [4.69, 9.17) is 0 Å². The highest BCUT2D eigenvalue weighted by molar-refractivity contribution is 5.80. The first-order chi connectivity index (χ1) is 11.9. The molecule has 1 fully saturated rings. The van der Waals surface area contributed by atoms with Crippen LogP contribution in [0.2, 0.25) is 0 Å². The number of hydrogen-bond donors (Lipinski definition) is 1. The van der Waals surface area contributed by atoms with Crippen molar-refractivity contribution in [1.82, 2.24) is 14.8 Å². The van der Waals surface area contributed by atoms with Crippen molar-refractivity contribution in [3.05, 3.63) is 45.7 Å². The average Bonchev–Trinajstić information content (AvgIpc) is 2.60. The maximum absolute atomic E-state index is 12.4. The van der Waals surface area contributed by atoms with Crippen LogP contribution < -0.4 is 5.56 Å². The Hall–Kier alpha value is -2.63. The molecule has 2 amide bonds. The number of nitrogens with zero attached hydrogens (tertiary/aromatic N) is 2. The van der Waals surface area contributed by atoms with Crippen LogP contribution in [0.25, 0.3) is 10.9 Å². The summed E-state index contributed by atoms with van der Waals surface area (Å²) in [5, 5.41) is 0.983. The Labute approximate surface area is 146 Å². The Morgan fingerprint density at radius 1 is 1.08 bits per heavy atom. The van der Waals surface area contributed by atoms with Gasteiger partial charge in [-0.1, -0.05) is 11.6 Å². The van der Waals surface area contributed by atoms with Crippen LogP contribution in [0.1, 0.15) is 24.5 Å². The largest absolute Gasteiger partial charge is 0.339 e. The fourth-order valence-electron chi connectivity index (χ4n) is 3.23. The zero-order valence-corrected chi connectivity index (χ0v) is 14.7. The number of carbonyl (C=O) groups excluding carboxylic acids is 2. The second-order valence-electron chi connectivity index (χ2n) is 6.60. The summed E-state index contributed by atoms with van der Waals surface area (Å²) < 4.78 is 0. The lowest BCUT2D eigenvalue weighted by Gasteiger charge is -2.34. The lowest BCUT2D eigenvalue weighted by molar-refractivity contribution is -0.138. The second-order valence-corrected chi connectivity index (χ2v) is 6.60. The van der Waals surface area contributed by atoms with Gasteiger partial charge in [0.15, 0.2) is 0 Å². The van der Waals surface area contributed by atoms with Crippen LogP contribution in [-0.4, -0.2) is 52.8 Å². The molecule has 1 aromatic heterocycles. The third-order valence-electron chi connectivity index (χ3n) is 4.76. The predicted octanol–water partition coefficient (Wildman–Crippen LogP) is 1.46. The molecule has 1 saturated heterocycles. The summed E-state index contributed by atoms with van der Waals surface area (Å²) in [6.45, 7) is 5.84. The van der Waals surface area contributed by atoms with Crippen LogP contribution >= 0.6 is 0 Å². The first-order valence-electron chi connectivity index (χ1n) is 8.60. The molecule has 1 aliphatic heterocycles. The van der Waals surface area contributed by atoms with Crippen LogP contribution in [-0.2, 0) is 16.0 Å². The number of piperazine rings is 1. The Bertz CT molecular complexity index is 864. The summed E-state index contributed by atoms with van der Waals surface area (Å²) in [4.78, 5) is 42.3. The molecule has 0 aliphatic carbocycles. The van der Waals surface area contributed by atoms with E-state index in [1.807, 2.05) is 31.2 Å². The molecule has 132 valence electrons. The summed E-state index contributed by atoms with van der Waals surface area (Å²) in [5.74, 6) is 0.0806. The molecule has 0 radical (unpaired) electrons. The van der Waals surface area contributed by atoms with Crippen molar-refractivity contribution >= 4 is 22.7 Å². The number of amides is 2. The minimum absolute atomic E-state index is 0.0342. The van der Waals surface area contributed by atoms with E-state index in [0.717, 1.165) is 16.5 Å². The quantitative estimate of drug-likeness (QED) is 0.918. The number of rotatable bonds is 3. The number of pyridine rings is 1. The van der Waals surface area contributed by atoms with Crippen molar-refractivity contribution in [2.45, 2.75) is 26.7 Å². The highest BCUT2D eigenvalue weighted by Gasteiger charge is 2.22. The van der Waals surface area contributed by atoms with Crippen LogP contribution in [0.15, 0.2) is 29.1 Å². The van der Waals surface area contributed by atoms with E-state index < -0.39 is 0 Å². The lowest BCUT2D eigenvalue weighted by atomic mass is 10.1. The van der Waals surface area contributed by atoms with Crippen molar-refractivity contribution in [2.75, 3.05) is 26.2 Å². The fourth-order valence-corrected chi connectivity index (χ4v) is 3.23. The summed E-state index contributed by atoms with van der Waals surface area (Å²) >= 11 is 0. The SMILES string of the molecule is CC(=O)N1CCN(C(=O)CCc2cc3cc(C)ccc3[nH]c2=O)CC1. The molecule has 2 heterocycles. The third-order valence-corrected chi connectivity index (χ3v) is 4.76. The minimum Gasteiger partial charge on any atom is -0.339 e. The van der Waals surface area contributed by atoms with Crippen LogP contribution in [0.3, 0.4) is 0 Å². The van der Waals surface area contributed by atoms with Crippen LogP contribution in [0.4, 0.5) is 0 Å². The minimum atomic E-state index is -0.134. The maximum Gasteiger partial charge on any atom is 0.251 e. The summed E-state index contributed by atoms with van der Waals surface area (Å²) in [6.07, 6.45) is 0.728. The molecule has 3 rings (SSSR count). The van der Waals surface area contributed by atoms with Gasteiger partial charge in [0.25, 0.3) is 5.56 Å². The van der Waals surface area contributed by atoms with Gasteiger partial charge in [-0.3, -0.25) is 14.4 Å². The molecule has 25 heavy (non-hydrogen) atoms. The number of benzene rings is 1. The second kappa shape index (κ2) is 7.09. The van der Waals surface area contributed by atoms with E-state index in [2.05, 4.69) is 4.98 Å². The zero-order chi connectivity index (χ0) is 18.0.